The van der Waals surface area contributed by atoms with Gasteiger partial charge < -0.3 is 10.1 Å². The summed E-state index contributed by atoms with van der Waals surface area (Å²) in [5, 5.41) is 9.25. The van der Waals surface area contributed by atoms with Gasteiger partial charge in [-0.3, -0.25) is 14.3 Å². The van der Waals surface area contributed by atoms with E-state index in [9.17, 15) is 27.9 Å². The summed E-state index contributed by atoms with van der Waals surface area (Å²) in [5.74, 6) is 0. The quantitative estimate of drug-likeness (QED) is 0.620. The van der Waals surface area contributed by atoms with Gasteiger partial charge in [0.05, 0.1) is 12.0 Å². The van der Waals surface area contributed by atoms with Crippen molar-refractivity contribution in [3.05, 3.63) is 42.7 Å². The topological polar surface area (TPSA) is 117 Å². The Morgan fingerprint density at radius 3 is 2.69 bits per heavy atom. The standard InChI is InChI=1S/C14H14F3N5O3S/c1-6-7(26-11(20-6)13(2,25)14(15,16)17)3-4-22-10(23)8-9(19-5-18-8)21-12(22)24/h5,25H,3-4H2,1-2H3,(H,18,19)(H,21,24). The fourth-order valence-electron chi connectivity index (χ4n) is 2.35. The van der Waals surface area contributed by atoms with E-state index in [1.807, 2.05) is 0 Å². The van der Waals surface area contributed by atoms with Gasteiger partial charge in [0.1, 0.15) is 10.5 Å². The zero-order valence-corrected chi connectivity index (χ0v) is 14.5. The highest BCUT2D eigenvalue weighted by molar-refractivity contribution is 7.11. The van der Waals surface area contributed by atoms with Crippen LogP contribution in [0, 0.1) is 6.92 Å². The molecule has 0 aliphatic rings. The largest absolute Gasteiger partial charge is 0.423 e. The first kappa shape index (κ1) is 18.3. The molecule has 3 heterocycles. The van der Waals surface area contributed by atoms with Crippen molar-refractivity contribution in [2.75, 3.05) is 0 Å². The molecule has 3 N–H and O–H groups in total. The average Bonchev–Trinajstić information content (AvgIpc) is 3.13. The van der Waals surface area contributed by atoms with Crippen molar-refractivity contribution in [3.8, 4) is 0 Å². The number of H-pyrrole nitrogens is 2. The molecule has 0 spiro atoms. The maximum absolute atomic E-state index is 13.0. The minimum atomic E-state index is -4.87. The lowest BCUT2D eigenvalue weighted by Gasteiger charge is -2.23. The number of hydrogen-bond donors (Lipinski definition) is 3. The summed E-state index contributed by atoms with van der Waals surface area (Å²) >= 11 is 0.701. The monoisotopic (exact) mass is 389 g/mol. The van der Waals surface area contributed by atoms with Crippen LogP contribution in [0.4, 0.5) is 13.2 Å². The molecular weight excluding hydrogens is 375 g/mol. The van der Waals surface area contributed by atoms with Crippen molar-refractivity contribution in [3.63, 3.8) is 0 Å². The number of halogens is 3. The molecule has 0 bridgehead atoms. The van der Waals surface area contributed by atoms with Gasteiger partial charge in [0.25, 0.3) is 5.56 Å². The Labute approximate surface area is 147 Å². The number of fused-ring (bicyclic) bond motifs is 1. The van der Waals surface area contributed by atoms with E-state index in [-0.39, 0.29) is 24.1 Å². The highest BCUT2D eigenvalue weighted by Gasteiger charge is 2.53. The molecule has 3 rings (SSSR count). The number of thiazole rings is 1. The number of rotatable bonds is 4. The van der Waals surface area contributed by atoms with Crippen molar-refractivity contribution < 1.29 is 18.3 Å². The van der Waals surface area contributed by atoms with Crippen LogP contribution in [0.15, 0.2) is 15.9 Å². The Morgan fingerprint density at radius 1 is 1.35 bits per heavy atom. The van der Waals surface area contributed by atoms with Gasteiger partial charge in [0.15, 0.2) is 5.65 Å². The number of alkyl halides is 3. The second kappa shape index (κ2) is 6.06. The first-order chi connectivity index (χ1) is 12.0. The van der Waals surface area contributed by atoms with E-state index in [2.05, 4.69) is 19.9 Å². The van der Waals surface area contributed by atoms with Gasteiger partial charge in [-0.2, -0.15) is 13.2 Å². The van der Waals surface area contributed by atoms with Gasteiger partial charge in [-0.15, -0.1) is 11.3 Å². The molecule has 0 amide bonds. The first-order valence-corrected chi connectivity index (χ1v) is 8.26. The van der Waals surface area contributed by atoms with Crippen LogP contribution in [0.5, 0.6) is 0 Å². The summed E-state index contributed by atoms with van der Waals surface area (Å²) < 4.78 is 39.8. The molecule has 0 radical (unpaired) electrons. The van der Waals surface area contributed by atoms with E-state index in [0.29, 0.717) is 28.8 Å². The summed E-state index contributed by atoms with van der Waals surface area (Å²) in [6.45, 7) is 2.09. The third kappa shape index (κ3) is 2.94. The van der Waals surface area contributed by atoms with E-state index in [0.717, 1.165) is 4.57 Å². The molecule has 0 aliphatic carbocycles. The summed E-state index contributed by atoms with van der Waals surface area (Å²) in [4.78, 5) is 37.4. The summed E-state index contributed by atoms with van der Waals surface area (Å²) in [7, 11) is 0. The van der Waals surface area contributed by atoms with Crippen molar-refractivity contribution in [1.82, 2.24) is 24.5 Å². The third-order valence-electron chi connectivity index (χ3n) is 3.99. The van der Waals surface area contributed by atoms with E-state index in [1.54, 1.807) is 0 Å². The SMILES string of the molecule is Cc1nc(C(C)(O)C(F)(F)F)sc1CCn1c(=O)[nH]c2nc[nH]c2c1=O. The second-order valence-corrected chi connectivity index (χ2v) is 6.94. The van der Waals surface area contributed by atoms with Gasteiger partial charge in [0.2, 0.25) is 5.60 Å². The van der Waals surface area contributed by atoms with Crippen molar-refractivity contribution in [1.29, 1.82) is 0 Å². The fraction of sp³-hybridized carbons (Fsp3) is 0.429. The van der Waals surface area contributed by atoms with Crippen LogP contribution < -0.4 is 11.2 Å². The zero-order valence-electron chi connectivity index (χ0n) is 13.6. The highest BCUT2D eigenvalue weighted by Crippen LogP contribution is 2.40. The maximum atomic E-state index is 13.0. The predicted molar refractivity (Wildman–Crippen MR) is 87.2 cm³/mol. The maximum Gasteiger partial charge on any atom is 0.423 e. The van der Waals surface area contributed by atoms with E-state index < -0.39 is 28.0 Å². The number of aromatic nitrogens is 5. The Bertz CT molecular complexity index is 1080. The molecule has 3 aromatic rings. The van der Waals surface area contributed by atoms with Crippen LogP contribution in [0.3, 0.4) is 0 Å². The zero-order chi connectivity index (χ0) is 19.3. The van der Waals surface area contributed by atoms with Crippen LogP contribution in [0.2, 0.25) is 0 Å². The molecule has 0 saturated heterocycles. The highest BCUT2D eigenvalue weighted by atomic mass is 32.1. The molecule has 1 unspecified atom stereocenters. The molecule has 0 aliphatic heterocycles. The molecule has 140 valence electrons. The lowest BCUT2D eigenvalue weighted by Crippen LogP contribution is -2.39. The molecular formula is C14H14F3N5O3S. The number of imidazole rings is 1. The summed E-state index contributed by atoms with van der Waals surface area (Å²) in [5.41, 5.74) is -3.74. The van der Waals surface area contributed by atoms with Crippen LogP contribution >= 0.6 is 11.3 Å². The van der Waals surface area contributed by atoms with Crippen LogP contribution in [0.1, 0.15) is 22.5 Å². The lowest BCUT2D eigenvalue weighted by molar-refractivity contribution is -0.258. The lowest BCUT2D eigenvalue weighted by atomic mass is 10.1. The Morgan fingerprint density at radius 2 is 2.04 bits per heavy atom. The van der Waals surface area contributed by atoms with Crippen LogP contribution in [0.25, 0.3) is 11.2 Å². The van der Waals surface area contributed by atoms with Gasteiger partial charge in [0, 0.05) is 17.8 Å². The van der Waals surface area contributed by atoms with E-state index in [4.69, 9.17) is 0 Å². The Kier molecular flexibility index (Phi) is 4.27. The van der Waals surface area contributed by atoms with Crippen molar-refractivity contribution >= 4 is 22.5 Å². The summed E-state index contributed by atoms with van der Waals surface area (Å²) in [6.07, 6.45) is -3.49. The Balaban J connectivity index is 1.90. The van der Waals surface area contributed by atoms with Crippen molar-refractivity contribution in [2.24, 2.45) is 0 Å². The number of aromatic amines is 2. The fourth-order valence-corrected chi connectivity index (χ4v) is 3.47. The molecule has 8 nitrogen and oxygen atoms in total. The third-order valence-corrected chi connectivity index (χ3v) is 5.42. The number of nitrogens with zero attached hydrogens (tertiary/aromatic N) is 3. The van der Waals surface area contributed by atoms with E-state index in [1.165, 1.54) is 13.3 Å². The molecule has 0 aromatic carbocycles. The molecule has 3 aromatic heterocycles. The van der Waals surface area contributed by atoms with Crippen LogP contribution in [-0.4, -0.2) is 35.8 Å². The molecule has 12 heteroatoms. The molecule has 0 fully saturated rings. The number of hydrogen-bond acceptors (Lipinski definition) is 6. The molecule has 1 atom stereocenters. The average molecular weight is 389 g/mol. The number of nitrogens with one attached hydrogen (secondary N) is 2. The second-order valence-electron chi connectivity index (χ2n) is 5.86. The minimum Gasteiger partial charge on any atom is -0.375 e. The van der Waals surface area contributed by atoms with Gasteiger partial charge in [-0.25, -0.2) is 14.8 Å². The number of aliphatic hydroxyl groups is 1. The van der Waals surface area contributed by atoms with Gasteiger partial charge >= 0.3 is 11.9 Å². The number of aryl methyl sites for hydroxylation is 2. The Hall–Kier alpha value is -2.47. The predicted octanol–water partition coefficient (Wildman–Crippen LogP) is 1.19. The minimum absolute atomic E-state index is 0.0558. The van der Waals surface area contributed by atoms with E-state index >= 15 is 0 Å². The normalized spacial score (nSPS) is 14.7. The molecule has 26 heavy (non-hydrogen) atoms. The van der Waals surface area contributed by atoms with Crippen LogP contribution in [-0.2, 0) is 18.6 Å². The van der Waals surface area contributed by atoms with Crippen molar-refractivity contribution in [2.45, 2.75) is 38.6 Å². The summed E-state index contributed by atoms with van der Waals surface area (Å²) in [6, 6.07) is 0. The first-order valence-electron chi connectivity index (χ1n) is 7.44. The van der Waals surface area contributed by atoms with Gasteiger partial charge in [-0.1, -0.05) is 0 Å². The smallest absolute Gasteiger partial charge is 0.375 e. The van der Waals surface area contributed by atoms with Gasteiger partial charge in [-0.05, 0) is 13.8 Å². The molecule has 0 saturated carbocycles.